The van der Waals surface area contributed by atoms with E-state index in [1.54, 1.807) is 6.20 Å². The van der Waals surface area contributed by atoms with Crippen LogP contribution in [0, 0.1) is 5.92 Å². The zero-order valence-corrected chi connectivity index (χ0v) is 13.9. The minimum absolute atomic E-state index is 0.327. The van der Waals surface area contributed by atoms with Gasteiger partial charge in [0.25, 0.3) is 0 Å². The van der Waals surface area contributed by atoms with Crippen LogP contribution in [0.15, 0.2) is 18.3 Å². The van der Waals surface area contributed by atoms with Gasteiger partial charge in [-0.2, -0.15) is 0 Å². The third kappa shape index (κ3) is 7.44. The predicted octanol–water partition coefficient (Wildman–Crippen LogP) is 3.58. The fourth-order valence-corrected chi connectivity index (χ4v) is 2.00. The summed E-state index contributed by atoms with van der Waals surface area (Å²) in [6.07, 6.45) is 3.97. The van der Waals surface area contributed by atoms with E-state index < -0.39 is 0 Å². The lowest BCUT2D eigenvalue weighted by atomic mass is 10.1. The summed E-state index contributed by atoms with van der Waals surface area (Å²) in [5, 5.41) is 3.50. The average Bonchev–Trinajstić information content (AvgIpc) is 2.48. The lowest BCUT2D eigenvalue weighted by Gasteiger charge is -2.16. The number of rotatable bonds is 11. The van der Waals surface area contributed by atoms with Crippen molar-refractivity contribution in [3.63, 3.8) is 0 Å². The predicted molar refractivity (Wildman–Crippen MR) is 86.7 cm³/mol. The monoisotopic (exact) mass is 294 g/mol. The second-order valence-corrected chi connectivity index (χ2v) is 5.65. The molecule has 1 heterocycles. The van der Waals surface area contributed by atoms with Gasteiger partial charge in [0.05, 0.1) is 18.5 Å². The summed E-state index contributed by atoms with van der Waals surface area (Å²) in [6, 6.07) is 4.36. The van der Waals surface area contributed by atoms with Crippen LogP contribution in [-0.2, 0) is 4.74 Å². The van der Waals surface area contributed by atoms with E-state index in [1.807, 2.05) is 12.1 Å². The Kier molecular flexibility index (Phi) is 9.02. The van der Waals surface area contributed by atoms with Crippen molar-refractivity contribution in [3.8, 4) is 5.75 Å². The summed E-state index contributed by atoms with van der Waals surface area (Å²) in [5.41, 5.74) is 1.08. The first-order valence-electron chi connectivity index (χ1n) is 8.07. The number of aromatic nitrogens is 1. The molecule has 120 valence electrons. The van der Waals surface area contributed by atoms with Gasteiger partial charge in [0.1, 0.15) is 12.4 Å². The molecule has 0 saturated heterocycles. The molecule has 21 heavy (non-hydrogen) atoms. The molecule has 0 saturated carbocycles. The summed E-state index contributed by atoms with van der Waals surface area (Å²) in [4.78, 5) is 4.50. The van der Waals surface area contributed by atoms with Gasteiger partial charge < -0.3 is 14.8 Å². The molecular formula is C17H30N2O2. The highest BCUT2D eigenvalue weighted by Gasteiger charge is 2.09. The summed E-state index contributed by atoms with van der Waals surface area (Å²) in [6.45, 7) is 11.6. The number of hydrogen-bond donors (Lipinski definition) is 1. The third-order valence-corrected chi connectivity index (χ3v) is 3.11. The second kappa shape index (κ2) is 10.6. The van der Waals surface area contributed by atoms with Crippen molar-refractivity contribution in [2.45, 2.75) is 46.6 Å². The number of pyridine rings is 1. The topological polar surface area (TPSA) is 43.4 Å². The third-order valence-electron chi connectivity index (χ3n) is 3.11. The SMILES string of the molecule is CCCNC(CC)c1ccc(OCCOCC(C)C)cn1. The zero-order chi connectivity index (χ0) is 15.5. The minimum atomic E-state index is 0.327. The van der Waals surface area contributed by atoms with E-state index in [9.17, 15) is 0 Å². The van der Waals surface area contributed by atoms with Crippen LogP contribution < -0.4 is 10.1 Å². The van der Waals surface area contributed by atoms with Crippen LogP contribution in [0.3, 0.4) is 0 Å². The minimum Gasteiger partial charge on any atom is -0.490 e. The molecule has 1 rings (SSSR count). The van der Waals surface area contributed by atoms with Gasteiger partial charge in [-0.1, -0.05) is 27.7 Å². The molecule has 1 aromatic heterocycles. The molecule has 0 amide bonds. The number of nitrogens with zero attached hydrogens (tertiary/aromatic N) is 1. The summed E-state index contributed by atoms with van der Waals surface area (Å²) in [7, 11) is 0. The van der Waals surface area contributed by atoms with Gasteiger partial charge in [0.2, 0.25) is 0 Å². The average molecular weight is 294 g/mol. The lowest BCUT2D eigenvalue weighted by Crippen LogP contribution is -2.22. The molecule has 0 aliphatic heterocycles. The van der Waals surface area contributed by atoms with Crippen molar-refractivity contribution in [1.29, 1.82) is 0 Å². The second-order valence-electron chi connectivity index (χ2n) is 5.65. The van der Waals surface area contributed by atoms with E-state index in [4.69, 9.17) is 9.47 Å². The molecule has 0 aromatic carbocycles. The molecule has 0 fully saturated rings. The largest absolute Gasteiger partial charge is 0.490 e. The van der Waals surface area contributed by atoms with Crippen LogP contribution in [0.2, 0.25) is 0 Å². The van der Waals surface area contributed by atoms with Crippen molar-refractivity contribution < 1.29 is 9.47 Å². The number of hydrogen-bond acceptors (Lipinski definition) is 4. The maximum atomic E-state index is 5.63. The summed E-state index contributed by atoms with van der Waals surface area (Å²) in [5.74, 6) is 1.37. The lowest BCUT2D eigenvalue weighted by molar-refractivity contribution is 0.0818. The van der Waals surface area contributed by atoms with Crippen LogP contribution in [-0.4, -0.2) is 31.3 Å². The first kappa shape index (κ1) is 17.9. The number of ether oxygens (including phenoxy) is 2. The van der Waals surface area contributed by atoms with Crippen LogP contribution in [0.4, 0.5) is 0 Å². The van der Waals surface area contributed by atoms with Crippen molar-refractivity contribution in [2.75, 3.05) is 26.4 Å². The van der Waals surface area contributed by atoms with Crippen molar-refractivity contribution in [2.24, 2.45) is 5.92 Å². The van der Waals surface area contributed by atoms with Gasteiger partial charge >= 0.3 is 0 Å². The van der Waals surface area contributed by atoms with E-state index in [1.165, 1.54) is 0 Å². The van der Waals surface area contributed by atoms with Crippen molar-refractivity contribution in [3.05, 3.63) is 24.0 Å². The molecule has 1 atom stereocenters. The quantitative estimate of drug-likeness (QED) is 0.633. The van der Waals surface area contributed by atoms with Crippen molar-refractivity contribution in [1.82, 2.24) is 10.3 Å². The molecule has 1 N–H and O–H groups in total. The smallest absolute Gasteiger partial charge is 0.137 e. The highest BCUT2D eigenvalue weighted by atomic mass is 16.5. The van der Waals surface area contributed by atoms with Gasteiger partial charge in [-0.15, -0.1) is 0 Å². The molecule has 0 radical (unpaired) electrons. The Morgan fingerprint density at radius 3 is 2.57 bits per heavy atom. The first-order valence-corrected chi connectivity index (χ1v) is 8.07. The molecule has 0 bridgehead atoms. The Balaban J connectivity index is 2.35. The molecule has 1 aromatic rings. The van der Waals surface area contributed by atoms with Gasteiger partial charge in [0, 0.05) is 12.6 Å². The summed E-state index contributed by atoms with van der Waals surface area (Å²) < 4.78 is 11.1. The molecule has 0 aliphatic carbocycles. The van der Waals surface area contributed by atoms with E-state index >= 15 is 0 Å². The molecule has 1 unspecified atom stereocenters. The normalized spacial score (nSPS) is 12.6. The van der Waals surface area contributed by atoms with E-state index in [2.05, 4.69) is 38.0 Å². The standard InChI is InChI=1S/C17H30N2O2/c1-5-9-18-16(6-2)17-8-7-15(12-19-17)21-11-10-20-13-14(3)4/h7-8,12,14,16,18H,5-6,9-11,13H2,1-4H3. The molecule has 0 spiro atoms. The van der Waals surface area contributed by atoms with Crippen molar-refractivity contribution >= 4 is 0 Å². The van der Waals surface area contributed by atoms with Crippen LogP contribution in [0.25, 0.3) is 0 Å². The van der Waals surface area contributed by atoms with E-state index in [0.29, 0.717) is 25.2 Å². The van der Waals surface area contributed by atoms with E-state index in [-0.39, 0.29) is 0 Å². The highest BCUT2D eigenvalue weighted by molar-refractivity contribution is 5.21. The molecular weight excluding hydrogens is 264 g/mol. The molecule has 4 nitrogen and oxygen atoms in total. The van der Waals surface area contributed by atoms with Crippen LogP contribution in [0.5, 0.6) is 5.75 Å². The van der Waals surface area contributed by atoms with Gasteiger partial charge in [-0.05, 0) is 37.4 Å². The fraction of sp³-hybridized carbons (Fsp3) is 0.706. The van der Waals surface area contributed by atoms with Crippen LogP contribution in [0.1, 0.15) is 52.3 Å². The Hall–Kier alpha value is -1.13. The van der Waals surface area contributed by atoms with Gasteiger partial charge in [-0.25, -0.2) is 0 Å². The van der Waals surface area contributed by atoms with Crippen LogP contribution >= 0.6 is 0 Å². The molecule has 4 heteroatoms. The maximum absolute atomic E-state index is 5.63. The highest BCUT2D eigenvalue weighted by Crippen LogP contribution is 2.17. The first-order chi connectivity index (χ1) is 10.2. The zero-order valence-electron chi connectivity index (χ0n) is 13.9. The Labute approximate surface area is 129 Å². The maximum Gasteiger partial charge on any atom is 0.137 e. The Morgan fingerprint density at radius 1 is 1.19 bits per heavy atom. The Morgan fingerprint density at radius 2 is 2.00 bits per heavy atom. The van der Waals surface area contributed by atoms with E-state index in [0.717, 1.165) is 37.4 Å². The molecule has 0 aliphatic rings. The fourth-order valence-electron chi connectivity index (χ4n) is 2.00. The van der Waals surface area contributed by atoms with Gasteiger partial charge in [0.15, 0.2) is 0 Å². The number of nitrogens with one attached hydrogen (secondary N) is 1. The summed E-state index contributed by atoms with van der Waals surface area (Å²) >= 11 is 0. The van der Waals surface area contributed by atoms with Gasteiger partial charge in [-0.3, -0.25) is 4.98 Å². The Bertz CT molecular complexity index is 366.